The third kappa shape index (κ3) is 8.43. The first kappa shape index (κ1) is 22.8. The van der Waals surface area contributed by atoms with E-state index in [0.29, 0.717) is 11.7 Å². The van der Waals surface area contributed by atoms with Gasteiger partial charge in [-0.15, -0.1) is 11.8 Å². The first-order valence-corrected chi connectivity index (χ1v) is 10.2. The Morgan fingerprint density at radius 2 is 1.85 bits per heavy atom. The van der Waals surface area contributed by atoms with Gasteiger partial charge in [0.2, 0.25) is 0 Å². The minimum Gasteiger partial charge on any atom is -0.462 e. The van der Waals surface area contributed by atoms with Crippen LogP contribution in [0.5, 0.6) is 0 Å². The van der Waals surface area contributed by atoms with Crippen LogP contribution in [-0.2, 0) is 9.53 Å². The monoisotopic (exact) mass is 412 g/mol. The van der Waals surface area contributed by atoms with Crippen molar-refractivity contribution in [3.05, 3.63) is 41.3 Å². The molecule has 0 saturated heterocycles. The molecule has 0 N–H and O–H groups in total. The summed E-state index contributed by atoms with van der Waals surface area (Å²) in [7, 11) is 0. The summed E-state index contributed by atoms with van der Waals surface area (Å²) in [5.74, 6) is 0. The Bertz CT molecular complexity index is 719. The molecule has 1 aromatic carbocycles. The van der Waals surface area contributed by atoms with Gasteiger partial charge in [0, 0.05) is 10.1 Å². The van der Waals surface area contributed by atoms with Crippen LogP contribution in [0, 0.1) is 6.92 Å². The van der Waals surface area contributed by atoms with E-state index in [0.717, 1.165) is 25.5 Å². The van der Waals surface area contributed by atoms with Crippen molar-refractivity contribution in [3.63, 3.8) is 0 Å². The highest BCUT2D eigenvalue weighted by molar-refractivity contribution is 8.02. The molecule has 142 valence electrons. The summed E-state index contributed by atoms with van der Waals surface area (Å²) in [4.78, 5) is 20.4. The van der Waals surface area contributed by atoms with E-state index in [1.54, 1.807) is 29.9 Å². The number of benzene rings is 1. The van der Waals surface area contributed by atoms with Crippen LogP contribution in [0.4, 0.5) is 0 Å². The second-order valence-corrected chi connectivity index (χ2v) is 9.64. The lowest BCUT2D eigenvalue weighted by molar-refractivity contribution is -0.138. The molecule has 0 aliphatic heterocycles. The Morgan fingerprint density at radius 3 is 2.35 bits per heavy atom. The largest absolute Gasteiger partial charge is 0.462 e. The molecule has 0 fully saturated rings. The lowest BCUT2D eigenvalue weighted by atomic mass is 10.2. The second kappa shape index (κ2) is 10.8. The topological polar surface area (TPSA) is 52.1 Å². The first-order chi connectivity index (χ1) is 12.1. The van der Waals surface area contributed by atoms with Crippen molar-refractivity contribution in [2.24, 2.45) is 0 Å². The van der Waals surface area contributed by atoms with E-state index in [1.807, 2.05) is 52.0 Å². The van der Waals surface area contributed by atoms with Gasteiger partial charge in [-0.25, -0.2) is 9.97 Å². The molecule has 7 heteroatoms. The van der Waals surface area contributed by atoms with Crippen LogP contribution in [-0.4, -0.2) is 27.3 Å². The molecule has 0 aliphatic rings. The van der Waals surface area contributed by atoms with E-state index < -0.39 is 0 Å². The van der Waals surface area contributed by atoms with Crippen LogP contribution in [0.15, 0.2) is 45.4 Å². The molecule has 1 aromatic heterocycles. The predicted octanol–water partition coefficient (Wildman–Crippen LogP) is 6.05. The van der Waals surface area contributed by atoms with Crippen molar-refractivity contribution < 1.29 is 9.53 Å². The number of hydrogen-bond donors (Lipinski definition) is 0. The summed E-state index contributed by atoms with van der Waals surface area (Å²) in [6, 6.07) is 7.84. The minimum absolute atomic E-state index is 0.318. The summed E-state index contributed by atoms with van der Waals surface area (Å²) < 4.78 is 4.55. The highest BCUT2D eigenvalue weighted by Gasteiger charge is 2.13. The highest BCUT2D eigenvalue weighted by atomic mass is 35.5. The van der Waals surface area contributed by atoms with Crippen LogP contribution in [0.2, 0.25) is 5.02 Å². The summed E-state index contributed by atoms with van der Waals surface area (Å²) in [6.45, 7) is 12.2. The molecule has 2 rings (SSSR count). The third-order valence-corrected chi connectivity index (χ3v) is 5.59. The lowest BCUT2D eigenvalue weighted by Gasteiger charge is -2.14. The smallest absolute Gasteiger partial charge is 0.293 e. The first-order valence-electron chi connectivity index (χ1n) is 8.16. The average molecular weight is 413 g/mol. The number of thioether (sulfide) groups is 1. The molecule has 1 heterocycles. The van der Waals surface area contributed by atoms with Crippen molar-refractivity contribution >= 4 is 41.6 Å². The number of nitrogens with zero attached hydrogens (tertiary/aromatic N) is 2. The molecule has 0 radical (unpaired) electrons. The Balaban J connectivity index is 0.000000412. The van der Waals surface area contributed by atoms with Gasteiger partial charge in [-0.2, -0.15) is 0 Å². The SMILES string of the molecule is CC(C)(C)OC=O.Cc1ncnc(SC(C)C)c1Sc1ccccc1Cl. The van der Waals surface area contributed by atoms with E-state index >= 15 is 0 Å². The summed E-state index contributed by atoms with van der Waals surface area (Å²) in [5, 5.41) is 2.27. The van der Waals surface area contributed by atoms with Gasteiger partial charge >= 0.3 is 0 Å². The van der Waals surface area contributed by atoms with Crippen molar-refractivity contribution in [2.75, 3.05) is 0 Å². The molecular weight excluding hydrogens is 388 g/mol. The number of carbonyl (C=O) groups excluding carboxylic acids is 1. The summed E-state index contributed by atoms with van der Waals surface area (Å²) >= 11 is 9.60. The van der Waals surface area contributed by atoms with Crippen LogP contribution < -0.4 is 0 Å². The molecule has 0 aliphatic carbocycles. The quantitative estimate of drug-likeness (QED) is 0.338. The predicted molar refractivity (Wildman–Crippen MR) is 110 cm³/mol. The maximum atomic E-state index is 9.60. The van der Waals surface area contributed by atoms with E-state index in [-0.39, 0.29) is 5.60 Å². The Hall–Kier alpha value is -1.24. The van der Waals surface area contributed by atoms with Crippen molar-refractivity contribution in [2.45, 2.75) is 67.2 Å². The molecule has 0 atom stereocenters. The van der Waals surface area contributed by atoms with E-state index in [1.165, 1.54) is 0 Å². The molecule has 26 heavy (non-hydrogen) atoms. The molecule has 4 nitrogen and oxygen atoms in total. The maximum absolute atomic E-state index is 9.60. The maximum Gasteiger partial charge on any atom is 0.293 e. The van der Waals surface area contributed by atoms with Gasteiger partial charge in [-0.1, -0.05) is 49.3 Å². The fourth-order valence-corrected chi connectivity index (χ4v) is 3.85. The zero-order valence-corrected chi connectivity index (χ0v) is 18.3. The van der Waals surface area contributed by atoms with Crippen molar-refractivity contribution in [3.8, 4) is 0 Å². The number of rotatable bonds is 5. The molecule has 0 unspecified atom stereocenters. The number of aryl methyl sites for hydroxylation is 1. The Morgan fingerprint density at radius 1 is 1.19 bits per heavy atom. The molecule has 0 spiro atoms. The van der Waals surface area contributed by atoms with Crippen LogP contribution in [0.1, 0.15) is 40.3 Å². The van der Waals surface area contributed by atoms with Crippen molar-refractivity contribution in [1.29, 1.82) is 0 Å². The standard InChI is InChI=1S/C14H15ClN2S2.C5H10O2/c1-9(2)18-14-13(10(3)16-8-17-14)19-12-7-5-4-6-11(12)15;1-5(2,3)7-4-6/h4-9H,1-3H3;4H,1-3H3. The van der Waals surface area contributed by atoms with Gasteiger partial charge in [0.25, 0.3) is 6.47 Å². The Kier molecular flexibility index (Phi) is 9.47. The zero-order chi connectivity index (χ0) is 19.7. The van der Waals surface area contributed by atoms with Gasteiger partial charge in [-0.05, 0) is 39.8 Å². The molecule has 0 amide bonds. The normalized spacial score (nSPS) is 10.9. The van der Waals surface area contributed by atoms with Gasteiger partial charge < -0.3 is 4.74 Å². The van der Waals surface area contributed by atoms with Crippen LogP contribution in [0.3, 0.4) is 0 Å². The Labute approximate surface area is 169 Å². The second-order valence-electron chi connectivity index (χ2n) is 6.62. The third-order valence-electron chi connectivity index (χ3n) is 2.75. The molecule has 0 saturated carbocycles. The van der Waals surface area contributed by atoms with E-state index in [2.05, 4.69) is 28.6 Å². The number of carbonyl (C=O) groups is 1. The van der Waals surface area contributed by atoms with Gasteiger partial charge in [0.05, 0.1) is 15.6 Å². The van der Waals surface area contributed by atoms with E-state index in [9.17, 15) is 4.79 Å². The highest BCUT2D eigenvalue weighted by Crippen LogP contribution is 2.39. The fourth-order valence-electron chi connectivity index (χ4n) is 1.65. The summed E-state index contributed by atoms with van der Waals surface area (Å²) in [6.07, 6.45) is 1.62. The van der Waals surface area contributed by atoms with Gasteiger partial charge in [0.15, 0.2) is 0 Å². The number of aromatic nitrogens is 2. The summed E-state index contributed by atoms with van der Waals surface area (Å²) in [5.41, 5.74) is 0.671. The van der Waals surface area contributed by atoms with Gasteiger partial charge in [-0.3, -0.25) is 4.79 Å². The minimum atomic E-state index is -0.318. The fraction of sp³-hybridized carbons (Fsp3) is 0.421. The number of halogens is 1. The molecule has 2 aromatic rings. The van der Waals surface area contributed by atoms with Crippen molar-refractivity contribution in [1.82, 2.24) is 9.97 Å². The molecular formula is C19H25ClN2O2S2. The number of hydrogen-bond acceptors (Lipinski definition) is 6. The van der Waals surface area contributed by atoms with Crippen LogP contribution in [0.25, 0.3) is 0 Å². The van der Waals surface area contributed by atoms with Crippen LogP contribution >= 0.6 is 35.1 Å². The molecule has 0 bridgehead atoms. The number of ether oxygens (including phenoxy) is 1. The van der Waals surface area contributed by atoms with E-state index in [4.69, 9.17) is 11.6 Å². The average Bonchev–Trinajstić information content (AvgIpc) is 2.51. The zero-order valence-electron chi connectivity index (χ0n) is 15.9. The van der Waals surface area contributed by atoms with Gasteiger partial charge in [0.1, 0.15) is 17.0 Å². The lowest BCUT2D eigenvalue weighted by Crippen LogP contribution is -2.17.